The minimum atomic E-state index is -0.871. The van der Waals surface area contributed by atoms with E-state index in [0.29, 0.717) is 13.0 Å². The average molecular weight is 240 g/mol. The molecule has 17 heavy (non-hydrogen) atoms. The first-order chi connectivity index (χ1) is 8.20. The summed E-state index contributed by atoms with van der Waals surface area (Å²) in [4.78, 5) is 24.9. The monoisotopic (exact) mass is 240 g/mol. The second-order valence-electron chi connectivity index (χ2n) is 4.88. The maximum absolute atomic E-state index is 12.3. The van der Waals surface area contributed by atoms with Crippen LogP contribution in [0.15, 0.2) is 0 Å². The third-order valence-corrected chi connectivity index (χ3v) is 3.68. The van der Waals surface area contributed by atoms with Crippen LogP contribution in [0.3, 0.4) is 0 Å². The Hall–Kier alpha value is -1.10. The Morgan fingerprint density at radius 3 is 2.71 bits per heavy atom. The number of nitrogens with one attached hydrogen (secondary N) is 1. The summed E-state index contributed by atoms with van der Waals surface area (Å²) in [5.41, 5.74) is 0. The molecule has 0 aliphatic carbocycles. The number of carbonyl (C=O) groups excluding carboxylic acids is 1. The number of hydrogen-bond donors (Lipinski definition) is 2. The smallest absolute Gasteiger partial charge is 0.326 e. The molecule has 5 heteroatoms. The average Bonchev–Trinajstić information content (AvgIpc) is 2.64. The maximum Gasteiger partial charge on any atom is 0.326 e. The lowest BCUT2D eigenvalue weighted by molar-refractivity contribution is -0.149. The van der Waals surface area contributed by atoms with Gasteiger partial charge >= 0.3 is 5.97 Å². The number of carboxylic acids is 1. The number of carboxylic acid groups (broad SMARTS) is 1. The van der Waals surface area contributed by atoms with E-state index < -0.39 is 12.0 Å². The fraction of sp³-hybridized carbons (Fsp3) is 0.833. The molecule has 0 aromatic heterocycles. The van der Waals surface area contributed by atoms with E-state index in [-0.39, 0.29) is 11.9 Å². The Bertz CT molecular complexity index is 298. The second-order valence-corrected chi connectivity index (χ2v) is 4.88. The Morgan fingerprint density at radius 1 is 1.12 bits per heavy atom. The third-order valence-electron chi connectivity index (χ3n) is 3.68. The summed E-state index contributed by atoms with van der Waals surface area (Å²) in [6.07, 6.45) is 5.53. The number of carbonyl (C=O) groups is 2. The molecule has 1 unspecified atom stereocenters. The summed E-state index contributed by atoms with van der Waals surface area (Å²) in [6, 6.07) is -0.773. The SMILES string of the molecule is O=C(O)[C@@H]1CCCN1C(=O)C1CCCCCN1. The van der Waals surface area contributed by atoms with Gasteiger partial charge in [0.25, 0.3) is 0 Å². The molecule has 0 radical (unpaired) electrons. The summed E-state index contributed by atoms with van der Waals surface area (Å²) in [6.45, 7) is 1.45. The molecule has 2 saturated heterocycles. The number of rotatable bonds is 2. The van der Waals surface area contributed by atoms with Gasteiger partial charge in [-0.3, -0.25) is 4.79 Å². The van der Waals surface area contributed by atoms with Crippen LogP contribution in [-0.4, -0.2) is 47.1 Å². The molecule has 2 aliphatic rings. The molecule has 5 nitrogen and oxygen atoms in total. The highest BCUT2D eigenvalue weighted by molar-refractivity contribution is 5.87. The highest BCUT2D eigenvalue weighted by Gasteiger charge is 2.36. The van der Waals surface area contributed by atoms with Gasteiger partial charge in [0, 0.05) is 6.54 Å². The molecule has 0 aromatic carbocycles. The van der Waals surface area contributed by atoms with Crippen molar-refractivity contribution >= 4 is 11.9 Å². The molecule has 2 heterocycles. The van der Waals surface area contributed by atoms with Crippen LogP contribution >= 0.6 is 0 Å². The first-order valence-electron chi connectivity index (χ1n) is 6.47. The van der Waals surface area contributed by atoms with E-state index in [0.717, 1.165) is 38.6 Å². The van der Waals surface area contributed by atoms with Crippen molar-refractivity contribution in [1.82, 2.24) is 10.2 Å². The predicted molar refractivity (Wildman–Crippen MR) is 62.6 cm³/mol. The quantitative estimate of drug-likeness (QED) is 0.741. The summed E-state index contributed by atoms with van der Waals surface area (Å²) < 4.78 is 0. The minimum absolute atomic E-state index is 0.0169. The molecule has 2 fully saturated rings. The molecule has 96 valence electrons. The van der Waals surface area contributed by atoms with E-state index in [2.05, 4.69) is 5.32 Å². The normalized spacial score (nSPS) is 30.0. The number of hydrogen-bond acceptors (Lipinski definition) is 3. The molecule has 2 atom stereocenters. The first-order valence-corrected chi connectivity index (χ1v) is 6.47. The molecule has 0 spiro atoms. The van der Waals surface area contributed by atoms with Crippen molar-refractivity contribution < 1.29 is 14.7 Å². The highest BCUT2D eigenvalue weighted by Crippen LogP contribution is 2.20. The van der Waals surface area contributed by atoms with Crippen molar-refractivity contribution in [3.8, 4) is 0 Å². The lowest BCUT2D eigenvalue weighted by Crippen LogP contribution is -2.50. The Labute approximate surface area is 101 Å². The van der Waals surface area contributed by atoms with E-state index >= 15 is 0 Å². The predicted octanol–water partition coefficient (Wildman–Crippen LogP) is 0.594. The molecule has 0 bridgehead atoms. The minimum Gasteiger partial charge on any atom is -0.480 e. The molecule has 1 amide bonds. The number of nitrogens with zero attached hydrogens (tertiary/aromatic N) is 1. The van der Waals surface area contributed by atoms with Gasteiger partial charge in [0.1, 0.15) is 6.04 Å². The molecule has 2 N–H and O–H groups in total. The molecular formula is C12H20N2O3. The summed E-state index contributed by atoms with van der Waals surface area (Å²) in [5, 5.41) is 12.3. The maximum atomic E-state index is 12.3. The Morgan fingerprint density at radius 2 is 1.94 bits per heavy atom. The van der Waals surface area contributed by atoms with Crippen molar-refractivity contribution in [2.24, 2.45) is 0 Å². The Balaban J connectivity index is 2.00. The topological polar surface area (TPSA) is 69.6 Å². The van der Waals surface area contributed by atoms with E-state index in [9.17, 15) is 9.59 Å². The number of aliphatic carboxylic acids is 1. The van der Waals surface area contributed by atoms with Crippen LogP contribution in [0, 0.1) is 0 Å². The van der Waals surface area contributed by atoms with E-state index in [4.69, 9.17) is 5.11 Å². The van der Waals surface area contributed by atoms with Crippen LogP contribution < -0.4 is 5.32 Å². The van der Waals surface area contributed by atoms with Gasteiger partial charge in [-0.25, -0.2) is 4.79 Å². The zero-order valence-electron chi connectivity index (χ0n) is 10.0. The van der Waals surface area contributed by atoms with Crippen molar-refractivity contribution in [3.05, 3.63) is 0 Å². The van der Waals surface area contributed by atoms with Crippen molar-refractivity contribution in [3.63, 3.8) is 0 Å². The molecular weight excluding hydrogens is 220 g/mol. The van der Waals surface area contributed by atoms with Crippen LogP contribution in [-0.2, 0) is 9.59 Å². The van der Waals surface area contributed by atoms with Crippen molar-refractivity contribution in [1.29, 1.82) is 0 Å². The highest BCUT2D eigenvalue weighted by atomic mass is 16.4. The van der Waals surface area contributed by atoms with Gasteiger partial charge < -0.3 is 15.3 Å². The van der Waals surface area contributed by atoms with Gasteiger partial charge in [-0.05, 0) is 32.2 Å². The zero-order valence-corrected chi connectivity index (χ0v) is 10.0. The fourth-order valence-corrected chi connectivity index (χ4v) is 2.73. The fourth-order valence-electron chi connectivity index (χ4n) is 2.73. The van der Waals surface area contributed by atoms with E-state index in [1.165, 1.54) is 0 Å². The molecule has 0 saturated carbocycles. The third kappa shape index (κ3) is 2.77. The Kier molecular flexibility index (Phi) is 3.99. The second kappa shape index (κ2) is 5.49. The van der Waals surface area contributed by atoms with Crippen LogP contribution in [0.5, 0.6) is 0 Å². The van der Waals surface area contributed by atoms with Gasteiger partial charge in [0.15, 0.2) is 0 Å². The van der Waals surface area contributed by atoms with Crippen molar-refractivity contribution in [2.45, 2.75) is 50.6 Å². The van der Waals surface area contributed by atoms with Crippen LogP contribution in [0.2, 0.25) is 0 Å². The van der Waals surface area contributed by atoms with Crippen LogP contribution in [0.1, 0.15) is 38.5 Å². The van der Waals surface area contributed by atoms with Gasteiger partial charge in [0.05, 0.1) is 6.04 Å². The van der Waals surface area contributed by atoms with Gasteiger partial charge in [-0.1, -0.05) is 12.8 Å². The van der Waals surface area contributed by atoms with E-state index in [1.807, 2.05) is 0 Å². The molecule has 2 rings (SSSR count). The van der Waals surface area contributed by atoms with Crippen molar-refractivity contribution in [2.75, 3.05) is 13.1 Å². The largest absolute Gasteiger partial charge is 0.480 e. The lowest BCUT2D eigenvalue weighted by Gasteiger charge is -2.26. The number of likely N-dealkylation sites (tertiary alicyclic amines) is 1. The zero-order chi connectivity index (χ0) is 12.3. The standard InChI is InChI=1S/C12H20N2O3/c15-11(9-5-2-1-3-7-13-9)14-8-4-6-10(14)12(16)17/h9-10,13H,1-8H2,(H,16,17)/t9?,10-/m0/s1. The summed E-state index contributed by atoms with van der Waals surface area (Å²) in [5.74, 6) is -0.888. The number of amides is 1. The van der Waals surface area contributed by atoms with Gasteiger partial charge in [-0.15, -0.1) is 0 Å². The summed E-state index contributed by atoms with van der Waals surface area (Å²) in [7, 11) is 0. The van der Waals surface area contributed by atoms with Gasteiger partial charge in [-0.2, -0.15) is 0 Å². The van der Waals surface area contributed by atoms with Crippen LogP contribution in [0.4, 0.5) is 0 Å². The summed E-state index contributed by atoms with van der Waals surface area (Å²) >= 11 is 0. The van der Waals surface area contributed by atoms with Crippen LogP contribution in [0.25, 0.3) is 0 Å². The molecule has 2 aliphatic heterocycles. The first kappa shape index (κ1) is 12.4. The lowest BCUT2D eigenvalue weighted by atomic mass is 10.1. The van der Waals surface area contributed by atoms with E-state index in [1.54, 1.807) is 4.90 Å². The molecule has 0 aromatic rings. The van der Waals surface area contributed by atoms with Gasteiger partial charge in [0.2, 0.25) is 5.91 Å².